The van der Waals surface area contributed by atoms with E-state index in [4.69, 9.17) is 4.74 Å². The lowest BCUT2D eigenvalue weighted by Gasteiger charge is -2.22. The first-order valence-corrected chi connectivity index (χ1v) is 6.75. The fourth-order valence-electron chi connectivity index (χ4n) is 1.65. The van der Waals surface area contributed by atoms with Crippen LogP contribution in [0.2, 0.25) is 0 Å². The normalized spacial score (nSPS) is 25.1. The Morgan fingerprint density at radius 1 is 1.50 bits per heavy atom. The third-order valence-electron chi connectivity index (χ3n) is 2.56. The molecule has 0 unspecified atom stereocenters. The summed E-state index contributed by atoms with van der Waals surface area (Å²) in [4.78, 5) is 8.31. The van der Waals surface area contributed by atoms with Crippen molar-refractivity contribution in [2.75, 3.05) is 23.9 Å². The summed E-state index contributed by atoms with van der Waals surface area (Å²) in [5, 5.41) is 3.24. The van der Waals surface area contributed by atoms with Gasteiger partial charge in [-0.3, -0.25) is 4.21 Å². The van der Waals surface area contributed by atoms with Gasteiger partial charge in [0.05, 0.1) is 7.11 Å². The molecule has 0 aromatic carbocycles. The topological polar surface area (TPSA) is 64.1 Å². The fourth-order valence-corrected chi connectivity index (χ4v) is 2.95. The number of ether oxygens (including phenoxy) is 1. The summed E-state index contributed by atoms with van der Waals surface area (Å²) in [5.41, 5.74) is 0. The zero-order valence-corrected chi connectivity index (χ0v) is 10.00. The second kappa shape index (κ2) is 5.25. The highest BCUT2D eigenvalue weighted by Gasteiger charge is 2.18. The lowest BCUT2D eigenvalue weighted by molar-refractivity contribution is 0.397. The van der Waals surface area contributed by atoms with Crippen molar-refractivity contribution < 1.29 is 8.95 Å². The first-order valence-electron chi connectivity index (χ1n) is 5.26. The molecule has 0 amide bonds. The molecule has 1 aliphatic heterocycles. The summed E-state index contributed by atoms with van der Waals surface area (Å²) in [7, 11) is 0.949. The molecule has 1 saturated heterocycles. The van der Waals surface area contributed by atoms with Crippen molar-refractivity contribution >= 4 is 16.7 Å². The van der Waals surface area contributed by atoms with E-state index in [2.05, 4.69) is 15.3 Å². The highest BCUT2D eigenvalue weighted by Crippen LogP contribution is 2.14. The van der Waals surface area contributed by atoms with Crippen LogP contribution >= 0.6 is 0 Å². The Kier molecular flexibility index (Phi) is 3.71. The third kappa shape index (κ3) is 2.91. The van der Waals surface area contributed by atoms with E-state index in [1.54, 1.807) is 19.4 Å². The summed E-state index contributed by atoms with van der Waals surface area (Å²) in [6.07, 6.45) is 3.48. The Balaban J connectivity index is 1.95. The lowest BCUT2D eigenvalue weighted by atomic mass is 10.2. The molecule has 1 aromatic rings. The molecule has 0 bridgehead atoms. The first-order chi connectivity index (χ1) is 7.78. The maximum atomic E-state index is 11.2. The van der Waals surface area contributed by atoms with E-state index in [0.717, 1.165) is 24.3 Å². The van der Waals surface area contributed by atoms with Crippen molar-refractivity contribution in [1.29, 1.82) is 0 Å². The maximum Gasteiger partial charge on any atom is 0.226 e. The Hall–Kier alpha value is -1.17. The highest BCUT2D eigenvalue weighted by atomic mass is 32.2. The molecule has 16 heavy (non-hydrogen) atoms. The smallest absolute Gasteiger partial charge is 0.226 e. The number of methoxy groups -OCH3 is 1. The minimum absolute atomic E-state index is 0.324. The Morgan fingerprint density at radius 2 is 2.25 bits per heavy atom. The van der Waals surface area contributed by atoms with Gasteiger partial charge in [0.25, 0.3) is 0 Å². The molecule has 2 rings (SSSR count). The molecule has 0 saturated carbocycles. The SMILES string of the molecule is COc1ccnc(NC2CCS(=O)CC2)n1. The van der Waals surface area contributed by atoms with E-state index < -0.39 is 10.8 Å². The summed E-state index contributed by atoms with van der Waals surface area (Å²) >= 11 is 0. The van der Waals surface area contributed by atoms with Gasteiger partial charge < -0.3 is 10.1 Å². The van der Waals surface area contributed by atoms with Crippen LogP contribution in [0.3, 0.4) is 0 Å². The van der Waals surface area contributed by atoms with Gasteiger partial charge in [-0.1, -0.05) is 0 Å². The van der Waals surface area contributed by atoms with E-state index in [0.29, 0.717) is 17.9 Å². The lowest BCUT2D eigenvalue weighted by Crippen LogP contribution is -2.30. The molecule has 0 atom stereocenters. The predicted octanol–water partition coefficient (Wildman–Crippen LogP) is 0.808. The number of hydrogen-bond acceptors (Lipinski definition) is 5. The summed E-state index contributed by atoms with van der Waals surface area (Å²) in [6, 6.07) is 2.03. The van der Waals surface area contributed by atoms with E-state index in [9.17, 15) is 4.21 Å². The van der Waals surface area contributed by atoms with Crippen molar-refractivity contribution in [2.24, 2.45) is 0 Å². The average Bonchev–Trinajstić information content (AvgIpc) is 2.32. The predicted molar refractivity (Wildman–Crippen MR) is 63.1 cm³/mol. The van der Waals surface area contributed by atoms with Crippen molar-refractivity contribution in [3.8, 4) is 5.88 Å². The molecule has 0 spiro atoms. The second-order valence-electron chi connectivity index (χ2n) is 3.69. The van der Waals surface area contributed by atoms with Gasteiger partial charge >= 0.3 is 0 Å². The molecule has 1 aliphatic rings. The number of aromatic nitrogens is 2. The molecule has 1 fully saturated rings. The third-order valence-corrected chi connectivity index (χ3v) is 3.94. The van der Waals surface area contributed by atoms with E-state index in [1.807, 2.05) is 0 Å². The van der Waals surface area contributed by atoms with Crippen molar-refractivity contribution in [3.63, 3.8) is 0 Å². The zero-order valence-electron chi connectivity index (χ0n) is 9.18. The van der Waals surface area contributed by atoms with Gasteiger partial charge in [-0.05, 0) is 12.8 Å². The monoisotopic (exact) mass is 241 g/mol. The van der Waals surface area contributed by atoms with Gasteiger partial charge in [0.2, 0.25) is 11.8 Å². The number of nitrogens with one attached hydrogen (secondary N) is 1. The number of hydrogen-bond donors (Lipinski definition) is 1. The molecule has 0 radical (unpaired) electrons. The minimum atomic E-state index is -0.630. The van der Waals surface area contributed by atoms with Crippen molar-refractivity contribution in [3.05, 3.63) is 12.3 Å². The van der Waals surface area contributed by atoms with Gasteiger partial charge in [-0.15, -0.1) is 0 Å². The van der Waals surface area contributed by atoms with E-state index in [1.165, 1.54) is 0 Å². The molecule has 88 valence electrons. The molecule has 5 nitrogen and oxygen atoms in total. The second-order valence-corrected chi connectivity index (χ2v) is 5.39. The molecule has 1 N–H and O–H groups in total. The molecular formula is C10H15N3O2S. The van der Waals surface area contributed by atoms with Crippen LogP contribution in [0.15, 0.2) is 12.3 Å². The van der Waals surface area contributed by atoms with Crippen molar-refractivity contribution in [2.45, 2.75) is 18.9 Å². The van der Waals surface area contributed by atoms with Gasteiger partial charge in [0, 0.05) is 40.6 Å². The first kappa shape index (κ1) is 11.3. The summed E-state index contributed by atoms with van der Waals surface area (Å²) < 4.78 is 16.2. The van der Waals surface area contributed by atoms with Crippen LogP contribution in [0.4, 0.5) is 5.95 Å². The van der Waals surface area contributed by atoms with Crippen LogP contribution in [0.5, 0.6) is 5.88 Å². The van der Waals surface area contributed by atoms with Crippen LogP contribution < -0.4 is 10.1 Å². The molecule has 2 heterocycles. The van der Waals surface area contributed by atoms with Crippen LogP contribution in [-0.2, 0) is 10.8 Å². The minimum Gasteiger partial charge on any atom is -0.481 e. The van der Waals surface area contributed by atoms with Crippen molar-refractivity contribution in [1.82, 2.24) is 9.97 Å². The van der Waals surface area contributed by atoms with Gasteiger partial charge in [-0.2, -0.15) is 4.98 Å². The largest absolute Gasteiger partial charge is 0.481 e. The number of rotatable bonds is 3. The van der Waals surface area contributed by atoms with E-state index >= 15 is 0 Å². The van der Waals surface area contributed by atoms with E-state index in [-0.39, 0.29) is 0 Å². The summed E-state index contributed by atoms with van der Waals surface area (Å²) in [6.45, 7) is 0. The highest BCUT2D eigenvalue weighted by molar-refractivity contribution is 7.85. The Bertz CT molecular complexity index is 376. The standard InChI is InChI=1S/C10H15N3O2S/c1-15-9-2-5-11-10(13-9)12-8-3-6-16(14)7-4-8/h2,5,8H,3-4,6-7H2,1H3,(H,11,12,13). The zero-order chi connectivity index (χ0) is 11.4. The van der Waals surface area contributed by atoms with Gasteiger partial charge in [-0.25, -0.2) is 4.98 Å². The van der Waals surface area contributed by atoms with Crippen LogP contribution in [0.25, 0.3) is 0 Å². The quantitative estimate of drug-likeness (QED) is 0.848. The van der Waals surface area contributed by atoms with Crippen LogP contribution in [0.1, 0.15) is 12.8 Å². The van der Waals surface area contributed by atoms with Gasteiger partial charge in [0.1, 0.15) is 0 Å². The van der Waals surface area contributed by atoms with Gasteiger partial charge in [0.15, 0.2) is 0 Å². The molecule has 0 aliphatic carbocycles. The number of nitrogens with zero attached hydrogens (tertiary/aromatic N) is 2. The molecule has 6 heteroatoms. The maximum absolute atomic E-state index is 11.2. The number of anilines is 1. The Labute approximate surface area is 97.1 Å². The molecular weight excluding hydrogens is 226 g/mol. The average molecular weight is 241 g/mol. The fraction of sp³-hybridized carbons (Fsp3) is 0.600. The van der Waals surface area contributed by atoms with Crippen LogP contribution in [-0.4, -0.2) is 38.8 Å². The summed E-state index contributed by atoms with van der Waals surface area (Å²) in [5.74, 6) is 2.66. The Morgan fingerprint density at radius 3 is 2.94 bits per heavy atom. The molecule has 1 aromatic heterocycles. The van der Waals surface area contributed by atoms with Crippen LogP contribution in [0, 0.1) is 0 Å².